The fraction of sp³-hybridized carbons (Fsp3) is 0.429. The summed E-state index contributed by atoms with van der Waals surface area (Å²) in [5, 5.41) is 3.93. The van der Waals surface area contributed by atoms with Crippen molar-refractivity contribution in [2.24, 2.45) is 5.41 Å². The molecule has 0 saturated carbocycles. The summed E-state index contributed by atoms with van der Waals surface area (Å²) in [6.45, 7) is 13.4. The Labute approximate surface area is 219 Å². The number of anilines is 1. The number of hydrogen-bond acceptors (Lipinski definition) is 7. The topological polar surface area (TPSA) is 92.3 Å². The lowest BCUT2D eigenvalue weighted by Gasteiger charge is -2.31. The summed E-state index contributed by atoms with van der Waals surface area (Å²) < 4.78 is 27.6. The van der Waals surface area contributed by atoms with Gasteiger partial charge in [-0.2, -0.15) is 0 Å². The number of methoxy groups -OCH3 is 3. The third-order valence-electron chi connectivity index (χ3n) is 6.11. The Balaban J connectivity index is 1.77. The summed E-state index contributed by atoms with van der Waals surface area (Å²) in [6.07, 6.45) is -0.196. The summed E-state index contributed by atoms with van der Waals surface area (Å²) >= 11 is 0. The Hall–Kier alpha value is -3.46. The van der Waals surface area contributed by atoms with E-state index in [4.69, 9.17) is 23.7 Å². The monoisotopic (exact) mass is 527 g/mol. The van der Waals surface area contributed by atoms with Gasteiger partial charge in [0.2, 0.25) is 11.9 Å². The SMILES string of the molecule is COc1cc(OC)c(NC(=O)C2OC(Oc3cc([Si](C)(C)CC(C)(C)C)ccc3C)=CC2=O)c(OC)c1. The fourth-order valence-electron chi connectivity index (χ4n) is 4.62. The van der Waals surface area contributed by atoms with Gasteiger partial charge < -0.3 is 29.0 Å². The molecule has 9 heteroatoms. The first-order chi connectivity index (χ1) is 17.3. The Morgan fingerprint density at radius 1 is 1.00 bits per heavy atom. The number of ketones is 1. The molecular weight excluding hydrogens is 490 g/mol. The van der Waals surface area contributed by atoms with Gasteiger partial charge in [-0.15, -0.1) is 0 Å². The van der Waals surface area contributed by atoms with Crippen LogP contribution in [0.25, 0.3) is 0 Å². The van der Waals surface area contributed by atoms with Crippen molar-refractivity contribution in [1.29, 1.82) is 0 Å². The van der Waals surface area contributed by atoms with E-state index in [0.717, 1.165) is 11.6 Å². The Morgan fingerprint density at radius 3 is 2.16 bits per heavy atom. The molecule has 0 aliphatic carbocycles. The zero-order valence-corrected chi connectivity index (χ0v) is 24.1. The molecule has 37 heavy (non-hydrogen) atoms. The molecule has 200 valence electrons. The van der Waals surface area contributed by atoms with Crippen molar-refractivity contribution in [3.05, 3.63) is 47.9 Å². The van der Waals surface area contributed by atoms with Crippen molar-refractivity contribution in [3.63, 3.8) is 0 Å². The molecule has 1 N–H and O–H groups in total. The van der Waals surface area contributed by atoms with Crippen molar-refractivity contribution in [3.8, 4) is 23.0 Å². The van der Waals surface area contributed by atoms with Crippen LogP contribution in [0.2, 0.25) is 19.1 Å². The third kappa shape index (κ3) is 6.65. The van der Waals surface area contributed by atoms with Gasteiger partial charge in [-0.3, -0.25) is 9.59 Å². The number of carbonyl (C=O) groups excluding carboxylic acids is 2. The number of amides is 1. The van der Waals surface area contributed by atoms with E-state index in [9.17, 15) is 9.59 Å². The summed E-state index contributed by atoms with van der Waals surface area (Å²) in [5.74, 6) is 0.507. The van der Waals surface area contributed by atoms with Crippen LogP contribution in [0.15, 0.2) is 42.4 Å². The number of aryl methyl sites for hydroxylation is 1. The second-order valence-electron chi connectivity index (χ2n) is 11.0. The van der Waals surface area contributed by atoms with Gasteiger partial charge in [0.25, 0.3) is 11.9 Å². The summed E-state index contributed by atoms with van der Waals surface area (Å²) in [6, 6.07) is 10.5. The number of ether oxygens (including phenoxy) is 5. The summed E-state index contributed by atoms with van der Waals surface area (Å²) in [5.41, 5.74) is 1.37. The average molecular weight is 528 g/mol. The predicted molar refractivity (Wildman–Crippen MR) is 146 cm³/mol. The highest BCUT2D eigenvalue weighted by Crippen LogP contribution is 2.39. The maximum Gasteiger partial charge on any atom is 0.289 e. The van der Waals surface area contributed by atoms with Crippen molar-refractivity contribution in [2.75, 3.05) is 26.6 Å². The van der Waals surface area contributed by atoms with E-state index < -0.39 is 25.9 Å². The molecule has 0 spiro atoms. The number of nitrogens with one attached hydrogen (secondary N) is 1. The zero-order valence-electron chi connectivity index (χ0n) is 23.1. The smallest absolute Gasteiger partial charge is 0.289 e. The largest absolute Gasteiger partial charge is 0.496 e. The molecule has 0 radical (unpaired) electrons. The number of rotatable bonds is 9. The molecule has 8 nitrogen and oxygen atoms in total. The van der Waals surface area contributed by atoms with Gasteiger partial charge in [0.05, 0.1) is 35.5 Å². The molecule has 2 aromatic rings. The second kappa shape index (κ2) is 10.9. The quantitative estimate of drug-likeness (QED) is 0.370. The molecule has 0 aromatic heterocycles. The van der Waals surface area contributed by atoms with E-state index in [2.05, 4.69) is 45.2 Å². The molecular formula is C28H37NO7Si. The highest BCUT2D eigenvalue weighted by molar-refractivity contribution is 6.89. The van der Waals surface area contributed by atoms with Gasteiger partial charge in [0.15, 0.2) is 0 Å². The summed E-state index contributed by atoms with van der Waals surface area (Å²) in [7, 11) is 2.68. The van der Waals surface area contributed by atoms with Gasteiger partial charge in [-0.25, -0.2) is 0 Å². The lowest BCUT2D eigenvalue weighted by atomic mass is 10.0. The van der Waals surface area contributed by atoms with E-state index >= 15 is 0 Å². The highest BCUT2D eigenvalue weighted by Gasteiger charge is 2.36. The van der Waals surface area contributed by atoms with Gasteiger partial charge >= 0.3 is 0 Å². The maximum absolute atomic E-state index is 13.0. The molecule has 0 bridgehead atoms. The van der Waals surface area contributed by atoms with Crippen LogP contribution in [0.1, 0.15) is 26.3 Å². The molecule has 1 unspecified atom stereocenters. The minimum atomic E-state index is -1.74. The van der Waals surface area contributed by atoms with Crippen LogP contribution in [0.5, 0.6) is 23.0 Å². The van der Waals surface area contributed by atoms with Crippen molar-refractivity contribution in [2.45, 2.75) is 52.9 Å². The van der Waals surface area contributed by atoms with Crippen LogP contribution in [0, 0.1) is 12.3 Å². The van der Waals surface area contributed by atoms with E-state index in [1.807, 2.05) is 19.1 Å². The lowest BCUT2D eigenvalue weighted by Crippen LogP contribution is -2.44. The van der Waals surface area contributed by atoms with Gasteiger partial charge in [0, 0.05) is 12.1 Å². The summed E-state index contributed by atoms with van der Waals surface area (Å²) in [4.78, 5) is 25.7. The fourth-order valence-corrected chi connectivity index (χ4v) is 8.53. The van der Waals surface area contributed by atoms with Crippen LogP contribution >= 0.6 is 0 Å². The van der Waals surface area contributed by atoms with E-state index in [1.54, 1.807) is 12.1 Å². The van der Waals surface area contributed by atoms with Crippen LogP contribution in [-0.4, -0.2) is 47.2 Å². The Bertz CT molecular complexity index is 1190. The number of carbonyl (C=O) groups is 2. The highest BCUT2D eigenvalue weighted by atomic mass is 28.3. The second-order valence-corrected chi connectivity index (χ2v) is 15.7. The number of benzene rings is 2. The number of hydrogen-bond donors (Lipinski definition) is 1. The molecule has 1 aliphatic heterocycles. The molecule has 0 saturated heterocycles. The van der Waals surface area contributed by atoms with Crippen molar-refractivity contribution >= 4 is 30.6 Å². The standard InChI is InChI=1S/C28H37NO7Si/c1-17-10-11-19(37(8,9)16-28(2,3)4)14-21(17)35-24-15-20(30)26(36-24)27(31)29-25-22(33-6)12-18(32-5)13-23(25)34-7/h10-15,26H,16H2,1-9H3,(H,29,31). The molecule has 1 atom stereocenters. The van der Waals surface area contributed by atoms with Crippen molar-refractivity contribution < 1.29 is 33.3 Å². The van der Waals surface area contributed by atoms with E-state index in [-0.39, 0.29) is 17.0 Å². The van der Waals surface area contributed by atoms with E-state index in [0.29, 0.717) is 23.0 Å². The normalized spacial score (nSPS) is 15.5. The van der Waals surface area contributed by atoms with Gasteiger partial charge in [-0.05, 0) is 30.0 Å². The minimum Gasteiger partial charge on any atom is -0.496 e. The lowest BCUT2D eigenvalue weighted by molar-refractivity contribution is -0.134. The van der Waals surface area contributed by atoms with Crippen molar-refractivity contribution in [1.82, 2.24) is 0 Å². The van der Waals surface area contributed by atoms with Crippen LogP contribution in [0.3, 0.4) is 0 Å². The molecule has 1 amide bonds. The van der Waals surface area contributed by atoms with Crippen LogP contribution < -0.4 is 29.5 Å². The van der Waals surface area contributed by atoms with Gasteiger partial charge in [-0.1, -0.05) is 51.2 Å². The predicted octanol–water partition coefficient (Wildman–Crippen LogP) is 4.81. The average Bonchev–Trinajstić information content (AvgIpc) is 3.18. The Morgan fingerprint density at radius 2 is 1.62 bits per heavy atom. The third-order valence-corrected chi connectivity index (χ3v) is 9.92. The van der Waals surface area contributed by atoms with Gasteiger partial charge in [0.1, 0.15) is 28.7 Å². The molecule has 1 aliphatic rings. The first-order valence-electron chi connectivity index (χ1n) is 12.1. The Kier molecular flexibility index (Phi) is 8.27. The maximum atomic E-state index is 13.0. The molecule has 0 fully saturated rings. The molecule has 3 rings (SSSR count). The molecule has 2 aromatic carbocycles. The first kappa shape index (κ1) is 28.1. The first-order valence-corrected chi connectivity index (χ1v) is 15.3. The zero-order chi connectivity index (χ0) is 27.5. The van der Waals surface area contributed by atoms with E-state index in [1.165, 1.54) is 32.6 Å². The van der Waals surface area contributed by atoms with Crippen LogP contribution in [-0.2, 0) is 14.3 Å². The molecule has 1 heterocycles. The van der Waals surface area contributed by atoms with Crippen LogP contribution in [0.4, 0.5) is 5.69 Å². The minimum absolute atomic E-state index is 0.0191.